The van der Waals surface area contributed by atoms with Crippen LogP contribution in [0, 0.1) is 13.8 Å². The number of fused-ring (bicyclic) bond motifs is 3. The standard InChI is InChI=1S/C26H31N5O2/c1-18-10-7-14-21(19(18)2)29-16-9-17-30-22-23(27-25(29)30)28(3)26(33)31(24(22)32)15-8-13-20-11-5-4-6-12-20/h4-8,10-14,22-23,25,27H,9,15-17H2,1-3H3/b13-8+. The topological polar surface area (TPSA) is 59.1 Å². The van der Waals surface area contributed by atoms with Gasteiger partial charge in [0, 0.05) is 32.4 Å². The number of carbonyl (C=O) groups excluding carboxylic acids is 2. The summed E-state index contributed by atoms with van der Waals surface area (Å²) in [5.41, 5.74) is 4.72. The highest BCUT2D eigenvalue weighted by Gasteiger charge is 2.55. The normalized spacial score (nSPS) is 25.7. The van der Waals surface area contributed by atoms with E-state index in [-0.39, 0.29) is 30.9 Å². The Morgan fingerprint density at radius 1 is 1.03 bits per heavy atom. The maximum Gasteiger partial charge on any atom is 0.328 e. The van der Waals surface area contributed by atoms with Gasteiger partial charge in [0.2, 0.25) is 0 Å². The molecular formula is C26H31N5O2. The first-order valence-corrected chi connectivity index (χ1v) is 11.6. The van der Waals surface area contributed by atoms with Crippen molar-refractivity contribution in [1.29, 1.82) is 0 Å². The summed E-state index contributed by atoms with van der Waals surface area (Å²) in [5.74, 6) is -0.126. The number of urea groups is 1. The zero-order valence-corrected chi connectivity index (χ0v) is 19.4. The van der Waals surface area contributed by atoms with E-state index in [1.165, 1.54) is 21.7 Å². The molecule has 3 aliphatic rings. The van der Waals surface area contributed by atoms with Gasteiger partial charge in [-0.05, 0) is 43.0 Å². The number of benzene rings is 2. The second-order valence-electron chi connectivity index (χ2n) is 9.09. The van der Waals surface area contributed by atoms with E-state index in [2.05, 4.69) is 47.2 Å². The molecule has 3 unspecified atom stereocenters. The van der Waals surface area contributed by atoms with Crippen molar-refractivity contribution in [2.45, 2.75) is 38.8 Å². The summed E-state index contributed by atoms with van der Waals surface area (Å²) in [4.78, 5) is 34.3. The van der Waals surface area contributed by atoms with E-state index in [0.717, 1.165) is 25.1 Å². The molecule has 0 spiro atoms. The van der Waals surface area contributed by atoms with Gasteiger partial charge in [-0.3, -0.25) is 19.9 Å². The molecule has 0 aliphatic carbocycles. The lowest BCUT2D eigenvalue weighted by Crippen LogP contribution is -2.66. The van der Waals surface area contributed by atoms with E-state index in [9.17, 15) is 9.59 Å². The van der Waals surface area contributed by atoms with Crippen LogP contribution in [0.25, 0.3) is 6.08 Å². The average Bonchev–Trinajstić information content (AvgIpc) is 3.22. The molecule has 172 valence electrons. The van der Waals surface area contributed by atoms with Gasteiger partial charge in [0.15, 0.2) is 0 Å². The number of aryl methyl sites for hydroxylation is 1. The van der Waals surface area contributed by atoms with Gasteiger partial charge in [-0.25, -0.2) is 4.79 Å². The van der Waals surface area contributed by atoms with Crippen molar-refractivity contribution in [2.75, 3.05) is 31.6 Å². The molecule has 1 N–H and O–H groups in total. The Morgan fingerprint density at radius 2 is 1.82 bits per heavy atom. The van der Waals surface area contributed by atoms with Crippen LogP contribution in [0.2, 0.25) is 0 Å². The van der Waals surface area contributed by atoms with Gasteiger partial charge in [0.05, 0.1) is 0 Å². The summed E-state index contributed by atoms with van der Waals surface area (Å²) in [6.07, 6.45) is 4.35. The van der Waals surface area contributed by atoms with E-state index >= 15 is 0 Å². The van der Waals surface area contributed by atoms with Crippen LogP contribution in [0.4, 0.5) is 10.5 Å². The number of amides is 3. The molecule has 7 heteroatoms. The molecule has 3 aliphatic heterocycles. The maximum atomic E-state index is 13.6. The molecule has 0 bridgehead atoms. The lowest BCUT2D eigenvalue weighted by atomic mass is 10.1. The molecule has 3 heterocycles. The van der Waals surface area contributed by atoms with Crippen LogP contribution in [0.15, 0.2) is 54.6 Å². The van der Waals surface area contributed by atoms with Crippen LogP contribution in [0.3, 0.4) is 0 Å². The zero-order chi connectivity index (χ0) is 23.1. The molecule has 0 saturated carbocycles. The van der Waals surface area contributed by atoms with Gasteiger partial charge in [0.1, 0.15) is 18.5 Å². The third kappa shape index (κ3) is 3.71. The quantitative estimate of drug-likeness (QED) is 0.784. The number of nitrogens with zero attached hydrogens (tertiary/aromatic N) is 4. The molecule has 0 radical (unpaired) electrons. The number of hydrogen-bond donors (Lipinski definition) is 1. The van der Waals surface area contributed by atoms with Crippen LogP contribution < -0.4 is 10.2 Å². The number of anilines is 1. The fourth-order valence-corrected chi connectivity index (χ4v) is 5.24. The molecule has 3 atom stereocenters. The zero-order valence-electron chi connectivity index (χ0n) is 19.4. The van der Waals surface area contributed by atoms with Crippen LogP contribution in [-0.4, -0.2) is 71.8 Å². The first-order chi connectivity index (χ1) is 16.0. The number of likely N-dealkylation sites (N-methyl/N-ethyl adjacent to an activating group) is 1. The summed E-state index contributed by atoms with van der Waals surface area (Å²) in [6.45, 7) is 6.26. The Labute approximate surface area is 195 Å². The molecule has 3 amide bonds. The van der Waals surface area contributed by atoms with Gasteiger partial charge in [-0.15, -0.1) is 0 Å². The third-order valence-corrected chi connectivity index (χ3v) is 7.15. The molecule has 3 saturated heterocycles. The van der Waals surface area contributed by atoms with E-state index in [1.807, 2.05) is 42.5 Å². The minimum atomic E-state index is -0.393. The highest BCUT2D eigenvalue weighted by atomic mass is 16.2. The Balaban J connectivity index is 1.39. The number of rotatable bonds is 4. The Kier molecular flexibility index (Phi) is 5.68. The second-order valence-corrected chi connectivity index (χ2v) is 9.09. The van der Waals surface area contributed by atoms with Crippen molar-refractivity contribution in [3.63, 3.8) is 0 Å². The molecule has 7 nitrogen and oxygen atoms in total. The molecule has 2 aromatic carbocycles. The Morgan fingerprint density at radius 3 is 2.61 bits per heavy atom. The monoisotopic (exact) mass is 445 g/mol. The fraction of sp³-hybridized carbons (Fsp3) is 0.385. The summed E-state index contributed by atoms with van der Waals surface area (Å²) in [7, 11) is 1.79. The van der Waals surface area contributed by atoms with Crippen molar-refractivity contribution in [3.05, 3.63) is 71.3 Å². The molecule has 0 aromatic heterocycles. The molecule has 5 rings (SSSR count). The van der Waals surface area contributed by atoms with Crippen LogP contribution in [0.5, 0.6) is 0 Å². The van der Waals surface area contributed by atoms with Crippen molar-refractivity contribution in [3.8, 4) is 0 Å². The van der Waals surface area contributed by atoms with Gasteiger partial charge in [-0.1, -0.05) is 54.6 Å². The largest absolute Gasteiger partial charge is 0.343 e. The first-order valence-electron chi connectivity index (χ1n) is 11.6. The van der Waals surface area contributed by atoms with Crippen LogP contribution >= 0.6 is 0 Å². The molecule has 33 heavy (non-hydrogen) atoms. The maximum absolute atomic E-state index is 13.6. The minimum Gasteiger partial charge on any atom is -0.343 e. The highest BCUT2D eigenvalue weighted by molar-refractivity contribution is 6.00. The van der Waals surface area contributed by atoms with Crippen molar-refractivity contribution >= 4 is 23.7 Å². The molecule has 2 aromatic rings. The SMILES string of the molecule is Cc1cccc(N2CCCN3C4C(=O)N(C/C=C/c5ccccc5)C(=O)N(C)C4NC23)c1C. The smallest absolute Gasteiger partial charge is 0.328 e. The lowest BCUT2D eigenvalue weighted by molar-refractivity contribution is -0.138. The number of carbonyl (C=O) groups is 2. The van der Waals surface area contributed by atoms with E-state index in [4.69, 9.17) is 0 Å². The molecular weight excluding hydrogens is 414 g/mol. The van der Waals surface area contributed by atoms with Gasteiger partial charge in [-0.2, -0.15) is 0 Å². The lowest BCUT2D eigenvalue weighted by Gasteiger charge is -2.44. The number of hydrogen-bond acceptors (Lipinski definition) is 5. The number of imide groups is 1. The summed E-state index contributed by atoms with van der Waals surface area (Å²) in [5, 5.41) is 3.59. The summed E-state index contributed by atoms with van der Waals surface area (Å²) in [6, 6.07) is 15.6. The summed E-state index contributed by atoms with van der Waals surface area (Å²) < 4.78 is 0. The van der Waals surface area contributed by atoms with E-state index < -0.39 is 6.04 Å². The first kappa shape index (κ1) is 21.7. The van der Waals surface area contributed by atoms with E-state index in [0.29, 0.717) is 0 Å². The van der Waals surface area contributed by atoms with Crippen LogP contribution in [-0.2, 0) is 4.79 Å². The van der Waals surface area contributed by atoms with Crippen molar-refractivity contribution < 1.29 is 9.59 Å². The molecule has 3 fully saturated rings. The van der Waals surface area contributed by atoms with Crippen LogP contribution in [0.1, 0.15) is 23.1 Å². The fourth-order valence-electron chi connectivity index (χ4n) is 5.24. The predicted octanol–water partition coefficient (Wildman–Crippen LogP) is 3.00. The van der Waals surface area contributed by atoms with Gasteiger partial charge in [0.25, 0.3) is 5.91 Å². The Bertz CT molecular complexity index is 1090. The van der Waals surface area contributed by atoms with Gasteiger partial charge < -0.3 is 9.80 Å². The van der Waals surface area contributed by atoms with Crippen molar-refractivity contribution in [2.24, 2.45) is 0 Å². The minimum absolute atomic E-state index is 0.117. The van der Waals surface area contributed by atoms with E-state index in [1.54, 1.807) is 11.9 Å². The second kappa shape index (κ2) is 8.65. The van der Waals surface area contributed by atoms with Gasteiger partial charge >= 0.3 is 6.03 Å². The highest BCUT2D eigenvalue weighted by Crippen LogP contribution is 2.34. The summed E-state index contributed by atoms with van der Waals surface area (Å²) >= 11 is 0. The average molecular weight is 446 g/mol. The number of nitrogens with one attached hydrogen (secondary N) is 1. The Hall–Kier alpha value is -3.16. The van der Waals surface area contributed by atoms with Crippen molar-refractivity contribution in [1.82, 2.24) is 20.0 Å². The third-order valence-electron chi connectivity index (χ3n) is 7.15. The predicted molar refractivity (Wildman–Crippen MR) is 129 cm³/mol.